The quantitative estimate of drug-likeness (QED) is 0.723. The largest absolute Gasteiger partial charge is 0.329 e. The normalized spacial score (nSPS) is 31.7. The van der Waals surface area contributed by atoms with E-state index in [9.17, 15) is 0 Å². The Morgan fingerprint density at radius 3 is 2.57 bits per heavy atom. The molecule has 1 rings (SSSR count). The average Bonchev–Trinajstić information content (AvgIpc) is 2.25. The van der Waals surface area contributed by atoms with Gasteiger partial charge in [0.2, 0.25) is 0 Å². The summed E-state index contributed by atoms with van der Waals surface area (Å²) < 4.78 is 0. The van der Waals surface area contributed by atoms with Crippen LogP contribution in [0.2, 0.25) is 0 Å². The third-order valence-electron chi connectivity index (χ3n) is 2.99. The highest BCUT2D eigenvalue weighted by molar-refractivity contribution is 4.81. The van der Waals surface area contributed by atoms with E-state index in [0.29, 0.717) is 6.04 Å². The first-order valence-electron chi connectivity index (χ1n) is 5.80. The fourth-order valence-electron chi connectivity index (χ4n) is 2.47. The van der Waals surface area contributed by atoms with Gasteiger partial charge in [-0.3, -0.25) is 4.90 Å². The maximum absolute atomic E-state index is 5.83. The van der Waals surface area contributed by atoms with Crippen molar-refractivity contribution in [2.24, 2.45) is 11.7 Å². The molecule has 3 heteroatoms. The molecule has 0 spiro atoms. The van der Waals surface area contributed by atoms with E-state index in [-0.39, 0.29) is 0 Å². The predicted octanol–water partition coefficient (Wildman–Crippen LogP) is 0.607. The van der Waals surface area contributed by atoms with Crippen molar-refractivity contribution in [1.82, 2.24) is 9.80 Å². The molecule has 0 aromatic rings. The summed E-state index contributed by atoms with van der Waals surface area (Å²) in [5.74, 6) is 0.767. The number of rotatable bonds is 3. The molecular formula is C11H25N3. The molecule has 3 nitrogen and oxygen atoms in total. The molecule has 0 aromatic carbocycles. The van der Waals surface area contributed by atoms with Crippen LogP contribution in [-0.4, -0.2) is 55.6 Å². The van der Waals surface area contributed by atoms with Crippen LogP contribution in [0.3, 0.4) is 0 Å². The van der Waals surface area contributed by atoms with Crippen LogP contribution in [-0.2, 0) is 0 Å². The van der Waals surface area contributed by atoms with Gasteiger partial charge in [0.05, 0.1) is 0 Å². The molecule has 1 saturated heterocycles. The number of hydrogen-bond acceptors (Lipinski definition) is 3. The second-order valence-corrected chi connectivity index (χ2v) is 4.71. The summed E-state index contributed by atoms with van der Waals surface area (Å²) in [6, 6.07) is 0.560. The summed E-state index contributed by atoms with van der Waals surface area (Å²) in [4.78, 5) is 4.98. The topological polar surface area (TPSA) is 32.5 Å². The smallest absolute Gasteiger partial charge is 0.0345 e. The molecule has 2 atom stereocenters. The molecule has 0 aromatic heterocycles. The molecule has 0 bridgehead atoms. The third-order valence-corrected chi connectivity index (χ3v) is 2.99. The molecule has 0 saturated carbocycles. The highest BCUT2D eigenvalue weighted by Gasteiger charge is 2.24. The van der Waals surface area contributed by atoms with Crippen molar-refractivity contribution in [3.63, 3.8) is 0 Å². The zero-order chi connectivity index (χ0) is 10.6. The third kappa shape index (κ3) is 3.23. The van der Waals surface area contributed by atoms with Crippen LogP contribution >= 0.6 is 0 Å². The lowest BCUT2D eigenvalue weighted by atomic mass is 10.1. The van der Waals surface area contributed by atoms with Gasteiger partial charge in [0.1, 0.15) is 0 Å². The molecule has 84 valence electrons. The van der Waals surface area contributed by atoms with E-state index in [1.165, 1.54) is 26.1 Å². The molecule has 2 N–H and O–H groups in total. The first-order valence-corrected chi connectivity index (χ1v) is 5.80. The maximum Gasteiger partial charge on any atom is 0.0345 e. The van der Waals surface area contributed by atoms with Crippen LogP contribution in [0.25, 0.3) is 0 Å². The van der Waals surface area contributed by atoms with Crippen molar-refractivity contribution in [3.05, 3.63) is 0 Å². The van der Waals surface area contributed by atoms with Crippen LogP contribution in [0.15, 0.2) is 0 Å². The van der Waals surface area contributed by atoms with Crippen molar-refractivity contribution in [1.29, 1.82) is 0 Å². The second kappa shape index (κ2) is 5.69. The number of nitrogens with zero attached hydrogens (tertiary/aromatic N) is 2. The lowest BCUT2D eigenvalue weighted by molar-refractivity contribution is 0.187. The van der Waals surface area contributed by atoms with Crippen molar-refractivity contribution in [3.8, 4) is 0 Å². The number of hydrogen-bond donors (Lipinski definition) is 1. The number of likely N-dealkylation sites (N-methyl/N-ethyl adjacent to an activating group) is 1. The summed E-state index contributed by atoms with van der Waals surface area (Å²) in [7, 11) is 2.20. The molecule has 0 radical (unpaired) electrons. The molecule has 1 fully saturated rings. The van der Waals surface area contributed by atoms with Crippen LogP contribution < -0.4 is 5.73 Å². The van der Waals surface area contributed by atoms with Gasteiger partial charge in [0.15, 0.2) is 0 Å². The maximum atomic E-state index is 5.83. The first-order chi connectivity index (χ1) is 6.67. The van der Waals surface area contributed by atoms with E-state index >= 15 is 0 Å². The van der Waals surface area contributed by atoms with Crippen LogP contribution in [0.1, 0.15) is 20.3 Å². The molecule has 1 aliphatic rings. The molecule has 14 heavy (non-hydrogen) atoms. The molecular weight excluding hydrogens is 174 g/mol. The van der Waals surface area contributed by atoms with Gasteiger partial charge in [0.25, 0.3) is 0 Å². The molecule has 0 amide bonds. The summed E-state index contributed by atoms with van der Waals surface area (Å²) in [5, 5.41) is 0. The zero-order valence-electron chi connectivity index (χ0n) is 9.87. The van der Waals surface area contributed by atoms with Gasteiger partial charge in [0, 0.05) is 32.2 Å². The summed E-state index contributed by atoms with van der Waals surface area (Å²) in [6.07, 6.45) is 1.23. The van der Waals surface area contributed by atoms with Gasteiger partial charge < -0.3 is 10.6 Å². The van der Waals surface area contributed by atoms with Gasteiger partial charge in [-0.2, -0.15) is 0 Å². The highest BCUT2D eigenvalue weighted by atomic mass is 15.2. The Bertz CT molecular complexity index is 161. The Kier molecular flexibility index (Phi) is 4.85. The zero-order valence-corrected chi connectivity index (χ0v) is 9.87. The van der Waals surface area contributed by atoms with Crippen LogP contribution in [0.4, 0.5) is 0 Å². The molecule has 0 aliphatic carbocycles. The monoisotopic (exact) mass is 199 g/mol. The predicted molar refractivity (Wildman–Crippen MR) is 61.4 cm³/mol. The van der Waals surface area contributed by atoms with E-state index in [0.717, 1.165) is 19.0 Å². The fraction of sp³-hybridized carbons (Fsp3) is 1.00. The van der Waals surface area contributed by atoms with Gasteiger partial charge in [-0.25, -0.2) is 0 Å². The summed E-state index contributed by atoms with van der Waals surface area (Å²) in [5.41, 5.74) is 5.83. The van der Waals surface area contributed by atoms with E-state index in [4.69, 9.17) is 5.73 Å². The second-order valence-electron chi connectivity index (χ2n) is 4.71. The standard InChI is InChI=1S/C11H25N3/c1-4-5-14-8-10(2)7-13(3)9-11(14)6-12/h10-11H,4-9,12H2,1-3H3. The van der Waals surface area contributed by atoms with Crippen molar-refractivity contribution in [2.75, 3.05) is 39.8 Å². The van der Waals surface area contributed by atoms with E-state index in [1.54, 1.807) is 0 Å². The minimum absolute atomic E-state index is 0.560. The lowest BCUT2D eigenvalue weighted by Crippen LogP contribution is -2.45. The lowest BCUT2D eigenvalue weighted by Gasteiger charge is -2.29. The Morgan fingerprint density at radius 2 is 2.00 bits per heavy atom. The number of nitrogens with two attached hydrogens (primary N) is 1. The van der Waals surface area contributed by atoms with Crippen molar-refractivity contribution < 1.29 is 0 Å². The van der Waals surface area contributed by atoms with E-state index < -0.39 is 0 Å². The van der Waals surface area contributed by atoms with E-state index in [1.807, 2.05) is 0 Å². The minimum Gasteiger partial charge on any atom is -0.329 e. The Morgan fingerprint density at radius 1 is 1.29 bits per heavy atom. The Labute approximate surface area is 88.2 Å². The summed E-state index contributed by atoms with van der Waals surface area (Å²) >= 11 is 0. The first kappa shape index (κ1) is 12.0. The SMILES string of the molecule is CCCN1CC(C)CN(C)CC1CN. The Hall–Kier alpha value is -0.120. The molecule has 2 unspecified atom stereocenters. The molecule has 1 heterocycles. The average molecular weight is 199 g/mol. The Balaban J connectivity index is 2.59. The van der Waals surface area contributed by atoms with E-state index in [2.05, 4.69) is 30.7 Å². The van der Waals surface area contributed by atoms with Gasteiger partial charge in [-0.15, -0.1) is 0 Å². The van der Waals surface area contributed by atoms with Gasteiger partial charge in [-0.1, -0.05) is 13.8 Å². The van der Waals surface area contributed by atoms with Gasteiger partial charge >= 0.3 is 0 Å². The minimum atomic E-state index is 0.560. The molecule has 1 aliphatic heterocycles. The van der Waals surface area contributed by atoms with Crippen LogP contribution in [0, 0.1) is 5.92 Å². The van der Waals surface area contributed by atoms with Crippen molar-refractivity contribution >= 4 is 0 Å². The van der Waals surface area contributed by atoms with Gasteiger partial charge in [-0.05, 0) is 25.9 Å². The highest BCUT2D eigenvalue weighted by Crippen LogP contribution is 2.12. The van der Waals surface area contributed by atoms with Crippen molar-refractivity contribution in [2.45, 2.75) is 26.3 Å². The fourth-order valence-corrected chi connectivity index (χ4v) is 2.47. The van der Waals surface area contributed by atoms with Crippen LogP contribution in [0.5, 0.6) is 0 Å². The summed E-state index contributed by atoms with van der Waals surface area (Å²) in [6.45, 7) is 10.1.